The minimum absolute atomic E-state index is 0.00763. The van der Waals surface area contributed by atoms with Crippen molar-refractivity contribution < 1.29 is 18.0 Å². The molecule has 2 amide bonds. The van der Waals surface area contributed by atoms with Gasteiger partial charge in [-0.15, -0.1) is 11.3 Å². The Morgan fingerprint density at radius 3 is 2.57 bits per heavy atom. The van der Waals surface area contributed by atoms with Gasteiger partial charge in [-0.05, 0) is 29.8 Å². The van der Waals surface area contributed by atoms with Gasteiger partial charge in [0, 0.05) is 42.4 Å². The fraction of sp³-hybridized carbons (Fsp3) is 0.130. The molecule has 0 saturated heterocycles. The maximum atomic E-state index is 12.4. The van der Waals surface area contributed by atoms with Crippen LogP contribution in [0.2, 0.25) is 0 Å². The third-order valence-electron chi connectivity index (χ3n) is 5.02. The molecule has 4 rings (SSSR count). The number of hydrogen-bond acceptors (Lipinski definition) is 7. The summed E-state index contributed by atoms with van der Waals surface area (Å²) in [6, 6.07) is 13.4. The van der Waals surface area contributed by atoms with Gasteiger partial charge in [0.05, 0.1) is 23.3 Å². The number of hydrogen-bond donors (Lipinski definition) is 3. The van der Waals surface area contributed by atoms with Crippen molar-refractivity contribution in [2.45, 2.75) is 4.90 Å². The molecule has 0 saturated carbocycles. The molecule has 0 atom stereocenters. The molecule has 2 aromatic carbocycles. The minimum atomic E-state index is -3.68. The van der Waals surface area contributed by atoms with E-state index < -0.39 is 21.8 Å². The topological polar surface area (TPSA) is 137 Å². The molecule has 3 N–H and O–H groups in total. The Morgan fingerprint density at radius 1 is 1.06 bits per heavy atom. The quantitative estimate of drug-likeness (QED) is 0.333. The van der Waals surface area contributed by atoms with E-state index in [0.717, 1.165) is 21.0 Å². The molecule has 0 unspecified atom stereocenters. The first-order valence-corrected chi connectivity index (χ1v) is 12.7. The van der Waals surface area contributed by atoms with Crippen LogP contribution >= 0.6 is 11.3 Å². The largest absolute Gasteiger partial charge is 0.343 e. The van der Waals surface area contributed by atoms with E-state index in [1.807, 2.05) is 29.6 Å². The zero-order valence-electron chi connectivity index (χ0n) is 18.8. The number of aromatic amines is 1. The molecule has 0 aliphatic rings. The third kappa shape index (κ3) is 5.62. The highest BCUT2D eigenvalue weighted by Gasteiger charge is 2.19. The predicted octanol–water partition coefficient (Wildman–Crippen LogP) is 2.82. The van der Waals surface area contributed by atoms with Crippen LogP contribution in [0.5, 0.6) is 0 Å². The van der Waals surface area contributed by atoms with Crippen LogP contribution < -0.4 is 10.6 Å². The molecule has 0 bridgehead atoms. The summed E-state index contributed by atoms with van der Waals surface area (Å²) in [5.41, 5.74) is 3.67. The van der Waals surface area contributed by atoms with E-state index in [0.29, 0.717) is 10.8 Å². The van der Waals surface area contributed by atoms with Gasteiger partial charge >= 0.3 is 0 Å². The molecular formula is C23H22N6O4S2. The van der Waals surface area contributed by atoms with Crippen molar-refractivity contribution in [2.75, 3.05) is 26.0 Å². The summed E-state index contributed by atoms with van der Waals surface area (Å²) in [4.78, 5) is 29.3. The van der Waals surface area contributed by atoms with E-state index in [1.165, 1.54) is 49.7 Å². The average Bonchev–Trinajstić information content (AvgIpc) is 3.55. The van der Waals surface area contributed by atoms with Crippen molar-refractivity contribution in [3.63, 3.8) is 0 Å². The highest BCUT2D eigenvalue weighted by Crippen LogP contribution is 2.28. The van der Waals surface area contributed by atoms with E-state index >= 15 is 0 Å². The lowest BCUT2D eigenvalue weighted by Crippen LogP contribution is -2.33. The Morgan fingerprint density at radius 2 is 1.83 bits per heavy atom. The van der Waals surface area contributed by atoms with Crippen LogP contribution in [0.15, 0.2) is 71.2 Å². The summed E-state index contributed by atoms with van der Waals surface area (Å²) < 4.78 is 25.6. The number of H-pyrrole nitrogens is 1. The average molecular weight is 511 g/mol. The standard InChI is InChI=1S/C23H22N6O4S2/c1-29(2)35(32,33)19-8-4-7-17(10-19)22(31)24-13-21(30)28-23-27-20(14-34-23)16-6-3-5-15(9-16)18-11-25-26-12-18/h3-12,14H,13H2,1-2H3,(H,24,31)(H,25,26)(H,27,28,30). The van der Waals surface area contributed by atoms with E-state index in [2.05, 4.69) is 25.8 Å². The number of anilines is 1. The number of carbonyl (C=O) groups is 2. The monoisotopic (exact) mass is 510 g/mol. The number of thiazole rings is 1. The van der Waals surface area contributed by atoms with Gasteiger partial charge in [-0.2, -0.15) is 5.10 Å². The van der Waals surface area contributed by atoms with Crippen LogP contribution in [0.1, 0.15) is 10.4 Å². The Labute approximate surface area is 206 Å². The molecule has 0 fully saturated rings. The van der Waals surface area contributed by atoms with Crippen LogP contribution in [-0.4, -0.2) is 60.4 Å². The molecule has 0 radical (unpaired) electrons. The normalized spacial score (nSPS) is 11.4. The Kier molecular flexibility index (Phi) is 7.05. The highest BCUT2D eigenvalue weighted by atomic mass is 32.2. The first kappa shape index (κ1) is 24.3. The van der Waals surface area contributed by atoms with Gasteiger partial charge in [-0.3, -0.25) is 14.7 Å². The van der Waals surface area contributed by atoms with Crippen molar-refractivity contribution in [3.05, 3.63) is 71.9 Å². The van der Waals surface area contributed by atoms with Crippen LogP contribution in [-0.2, 0) is 14.8 Å². The zero-order chi connectivity index (χ0) is 25.0. The smallest absolute Gasteiger partial charge is 0.251 e. The molecule has 35 heavy (non-hydrogen) atoms. The Bertz CT molecular complexity index is 1460. The van der Waals surface area contributed by atoms with E-state index in [1.54, 1.807) is 12.4 Å². The van der Waals surface area contributed by atoms with E-state index in [-0.39, 0.29) is 17.0 Å². The SMILES string of the molecule is CN(C)S(=O)(=O)c1cccc(C(=O)NCC(=O)Nc2nc(-c3cccc(-c4cn[nH]c4)c3)cs2)c1. The van der Waals surface area contributed by atoms with E-state index in [9.17, 15) is 18.0 Å². The maximum absolute atomic E-state index is 12.4. The lowest BCUT2D eigenvalue weighted by Gasteiger charge is -2.12. The summed E-state index contributed by atoms with van der Waals surface area (Å²) in [5.74, 6) is -1.02. The Balaban J connectivity index is 1.37. The van der Waals surface area contributed by atoms with Crippen molar-refractivity contribution in [3.8, 4) is 22.4 Å². The molecule has 4 aromatic rings. The molecule has 2 heterocycles. The number of sulfonamides is 1. The number of carbonyl (C=O) groups excluding carboxylic acids is 2. The number of amides is 2. The number of aromatic nitrogens is 3. The number of rotatable bonds is 8. The lowest BCUT2D eigenvalue weighted by molar-refractivity contribution is -0.115. The minimum Gasteiger partial charge on any atom is -0.343 e. The maximum Gasteiger partial charge on any atom is 0.251 e. The molecule has 0 spiro atoms. The zero-order valence-corrected chi connectivity index (χ0v) is 20.5. The molecule has 0 aliphatic heterocycles. The summed E-state index contributed by atoms with van der Waals surface area (Å²) in [7, 11) is -0.860. The second-order valence-corrected chi connectivity index (χ2v) is 10.7. The first-order chi connectivity index (χ1) is 16.7. The molecule has 2 aromatic heterocycles. The highest BCUT2D eigenvalue weighted by molar-refractivity contribution is 7.89. The first-order valence-electron chi connectivity index (χ1n) is 10.4. The summed E-state index contributed by atoms with van der Waals surface area (Å²) in [6.07, 6.45) is 3.54. The van der Waals surface area contributed by atoms with Gasteiger partial charge in [0.1, 0.15) is 0 Å². The third-order valence-corrected chi connectivity index (χ3v) is 7.59. The second kappa shape index (κ2) is 10.2. The molecule has 10 nitrogen and oxygen atoms in total. The number of nitrogens with zero attached hydrogens (tertiary/aromatic N) is 3. The van der Waals surface area contributed by atoms with Crippen molar-refractivity contribution in [2.24, 2.45) is 0 Å². The lowest BCUT2D eigenvalue weighted by atomic mass is 10.1. The Hall–Kier alpha value is -3.87. The van der Waals surface area contributed by atoms with Crippen LogP contribution in [0.4, 0.5) is 5.13 Å². The van der Waals surface area contributed by atoms with E-state index in [4.69, 9.17) is 0 Å². The molecular weight excluding hydrogens is 488 g/mol. The number of nitrogens with one attached hydrogen (secondary N) is 3. The molecule has 12 heteroatoms. The fourth-order valence-electron chi connectivity index (χ4n) is 3.17. The van der Waals surface area contributed by atoms with Crippen LogP contribution in [0.25, 0.3) is 22.4 Å². The van der Waals surface area contributed by atoms with Gasteiger partial charge in [0.15, 0.2) is 5.13 Å². The van der Waals surface area contributed by atoms with Gasteiger partial charge in [0.2, 0.25) is 15.9 Å². The molecule has 180 valence electrons. The molecule has 0 aliphatic carbocycles. The second-order valence-electron chi connectivity index (χ2n) is 7.65. The van der Waals surface area contributed by atoms with Gasteiger partial charge in [-0.1, -0.05) is 24.3 Å². The fourth-order valence-corrected chi connectivity index (χ4v) is 4.85. The predicted molar refractivity (Wildman–Crippen MR) is 133 cm³/mol. The van der Waals surface area contributed by atoms with Gasteiger partial charge in [-0.25, -0.2) is 17.7 Å². The van der Waals surface area contributed by atoms with Crippen molar-refractivity contribution >= 4 is 38.3 Å². The summed E-state index contributed by atoms with van der Waals surface area (Å²) >= 11 is 1.27. The van der Waals surface area contributed by atoms with Gasteiger partial charge in [0.25, 0.3) is 5.91 Å². The summed E-state index contributed by atoms with van der Waals surface area (Å²) in [6.45, 7) is -0.297. The number of benzene rings is 2. The van der Waals surface area contributed by atoms with Crippen LogP contribution in [0.3, 0.4) is 0 Å². The van der Waals surface area contributed by atoms with Crippen molar-refractivity contribution in [1.29, 1.82) is 0 Å². The van der Waals surface area contributed by atoms with Crippen LogP contribution in [0, 0.1) is 0 Å². The van der Waals surface area contributed by atoms with Gasteiger partial charge < -0.3 is 10.6 Å². The van der Waals surface area contributed by atoms with Crippen molar-refractivity contribution in [1.82, 2.24) is 24.8 Å². The summed E-state index contributed by atoms with van der Waals surface area (Å²) in [5, 5.41) is 14.1.